The summed E-state index contributed by atoms with van der Waals surface area (Å²) in [6.07, 6.45) is 1.19. The van der Waals surface area contributed by atoms with Gasteiger partial charge in [-0.15, -0.1) is 0 Å². The molecule has 18 heavy (non-hydrogen) atoms. The number of piperidine rings is 1. The van der Waals surface area contributed by atoms with Gasteiger partial charge >= 0.3 is 18.0 Å². The fraction of sp³-hybridized carbons (Fsp3) is 0.727. The molecule has 2 amide bonds. The van der Waals surface area contributed by atoms with E-state index in [1.165, 1.54) is 12.0 Å². The number of hydrogen-bond donors (Lipinski definition) is 2. The zero-order valence-corrected chi connectivity index (χ0v) is 10.5. The first-order valence-electron chi connectivity index (χ1n) is 5.79. The van der Waals surface area contributed by atoms with Crippen LogP contribution in [-0.2, 0) is 14.3 Å². The average Bonchev–Trinajstić information content (AvgIpc) is 2.35. The Bertz CT molecular complexity index is 344. The molecule has 1 rings (SSSR count). The van der Waals surface area contributed by atoms with Gasteiger partial charge in [0.1, 0.15) is 12.6 Å². The standard InChI is InChI=1S/C11H18N2O5/c1-7-3-4-13(8(5-7)10(15)16)11(17)12-6-9(14)18-2/h7-8H,3-6H2,1-2H3,(H,12,17)(H,15,16). The number of urea groups is 1. The highest BCUT2D eigenvalue weighted by molar-refractivity contribution is 5.85. The number of nitrogens with zero attached hydrogens (tertiary/aromatic N) is 1. The topological polar surface area (TPSA) is 95.9 Å². The second-order valence-corrected chi connectivity index (χ2v) is 4.41. The third-order valence-electron chi connectivity index (χ3n) is 3.02. The fourth-order valence-electron chi connectivity index (χ4n) is 1.94. The van der Waals surface area contributed by atoms with E-state index in [0.29, 0.717) is 13.0 Å². The minimum Gasteiger partial charge on any atom is -0.480 e. The lowest BCUT2D eigenvalue weighted by molar-refractivity contribution is -0.143. The van der Waals surface area contributed by atoms with Gasteiger partial charge in [0.25, 0.3) is 0 Å². The van der Waals surface area contributed by atoms with Crippen molar-refractivity contribution in [1.82, 2.24) is 10.2 Å². The van der Waals surface area contributed by atoms with Gasteiger partial charge in [-0.3, -0.25) is 4.79 Å². The zero-order chi connectivity index (χ0) is 13.7. The Labute approximate surface area is 105 Å². The predicted octanol–water partition coefficient (Wildman–Crippen LogP) is 0.0541. The number of rotatable bonds is 3. The maximum absolute atomic E-state index is 11.8. The van der Waals surface area contributed by atoms with Crippen molar-refractivity contribution in [1.29, 1.82) is 0 Å². The Morgan fingerprint density at radius 3 is 2.67 bits per heavy atom. The number of likely N-dealkylation sites (tertiary alicyclic amines) is 1. The molecule has 0 aromatic carbocycles. The lowest BCUT2D eigenvalue weighted by Gasteiger charge is -2.35. The number of amides is 2. The van der Waals surface area contributed by atoms with Crippen molar-refractivity contribution in [2.75, 3.05) is 20.2 Å². The number of carboxylic acids is 1. The summed E-state index contributed by atoms with van der Waals surface area (Å²) in [7, 11) is 1.22. The van der Waals surface area contributed by atoms with Gasteiger partial charge in [-0.2, -0.15) is 0 Å². The Kier molecular flexibility index (Phi) is 4.94. The molecule has 0 radical (unpaired) electrons. The molecular weight excluding hydrogens is 240 g/mol. The third kappa shape index (κ3) is 3.61. The highest BCUT2D eigenvalue weighted by Gasteiger charge is 2.34. The van der Waals surface area contributed by atoms with Gasteiger partial charge in [-0.05, 0) is 18.8 Å². The van der Waals surface area contributed by atoms with Crippen LogP contribution in [0.25, 0.3) is 0 Å². The van der Waals surface area contributed by atoms with Crippen LogP contribution in [0.3, 0.4) is 0 Å². The lowest BCUT2D eigenvalue weighted by Crippen LogP contribution is -2.53. The van der Waals surface area contributed by atoms with E-state index in [4.69, 9.17) is 5.11 Å². The van der Waals surface area contributed by atoms with Crippen molar-refractivity contribution in [3.8, 4) is 0 Å². The Hall–Kier alpha value is -1.79. The molecule has 2 N–H and O–H groups in total. The predicted molar refractivity (Wildman–Crippen MR) is 61.9 cm³/mol. The van der Waals surface area contributed by atoms with Crippen LogP contribution in [-0.4, -0.2) is 54.2 Å². The van der Waals surface area contributed by atoms with Crippen molar-refractivity contribution in [2.24, 2.45) is 5.92 Å². The van der Waals surface area contributed by atoms with Crippen LogP contribution in [0.2, 0.25) is 0 Å². The van der Waals surface area contributed by atoms with Gasteiger partial charge in [0.15, 0.2) is 0 Å². The summed E-state index contributed by atoms with van der Waals surface area (Å²) < 4.78 is 4.39. The fourth-order valence-corrected chi connectivity index (χ4v) is 1.94. The van der Waals surface area contributed by atoms with E-state index >= 15 is 0 Å². The maximum Gasteiger partial charge on any atom is 0.326 e. The first-order chi connectivity index (χ1) is 8.45. The largest absolute Gasteiger partial charge is 0.480 e. The summed E-state index contributed by atoms with van der Waals surface area (Å²) in [6.45, 7) is 2.08. The molecule has 2 atom stereocenters. The number of carboxylic acid groups (broad SMARTS) is 1. The molecule has 1 saturated heterocycles. The van der Waals surface area contributed by atoms with Crippen LogP contribution in [0, 0.1) is 5.92 Å². The van der Waals surface area contributed by atoms with E-state index in [-0.39, 0.29) is 12.5 Å². The Balaban J connectivity index is 2.59. The van der Waals surface area contributed by atoms with Crippen LogP contribution in [0.4, 0.5) is 4.79 Å². The number of esters is 1. The summed E-state index contributed by atoms with van der Waals surface area (Å²) in [5.74, 6) is -1.31. The molecule has 7 nitrogen and oxygen atoms in total. The molecule has 7 heteroatoms. The van der Waals surface area contributed by atoms with Crippen LogP contribution >= 0.6 is 0 Å². The number of methoxy groups -OCH3 is 1. The van der Waals surface area contributed by atoms with E-state index in [1.807, 2.05) is 6.92 Å². The summed E-state index contributed by atoms with van der Waals surface area (Å²) in [6, 6.07) is -1.37. The zero-order valence-electron chi connectivity index (χ0n) is 10.5. The van der Waals surface area contributed by atoms with Crippen molar-refractivity contribution < 1.29 is 24.2 Å². The summed E-state index contributed by atoms with van der Waals surface area (Å²) in [5, 5.41) is 11.4. The average molecular weight is 258 g/mol. The molecule has 1 aliphatic rings. The number of nitrogens with one attached hydrogen (secondary N) is 1. The molecule has 1 fully saturated rings. The lowest BCUT2D eigenvalue weighted by atomic mass is 9.93. The van der Waals surface area contributed by atoms with Gasteiger partial charge in [0, 0.05) is 6.54 Å². The van der Waals surface area contributed by atoms with E-state index in [9.17, 15) is 14.4 Å². The monoisotopic (exact) mass is 258 g/mol. The minimum absolute atomic E-state index is 0.256. The van der Waals surface area contributed by atoms with Crippen molar-refractivity contribution in [2.45, 2.75) is 25.8 Å². The van der Waals surface area contributed by atoms with Crippen molar-refractivity contribution in [3.05, 3.63) is 0 Å². The summed E-state index contributed by atoms with van der Waals surface area (Å²) in [4.78, 5) is 35.0. The first-order valence-corrected chi connectivity index (χ1v) is 5.79. The molecule has 0 aromatic heterocycles. The molecule has 1 heterocycles. The van der Waals surface area contributed by atoms with E-state index in [0.717, 1.165) is 6.42 Å². The van der Waals surface area contributed by atoms with Crippen LogP contribution < -0.4 is 5.32 Å². The van der Waals surface area contributed by atoms with Gasteiger partial charge in [-0.1, -0.05) is 6.92 Å². The quantitative estimate of drug-likeness (QED) is 0.697. The van der Waals surface area contributed by atoms with Crippen LogP contribution in [0.1, 0.15) is 19.8 Å². The number of hydrogen-bond acceptors (Lipinski definition) is 4. The van der Waals surface area contributed by atoms with Crippen molar-refractivity contribution >= 4 is 18.0 Å². The number of carbonyl (C=O) groups is 3. The SMILES string of the molecule is COC(=O)CNC(=O)N1CCC(C)CC1C(=O)O. The molecular formula is C11H18N2O5. The van der Waals surface area contributed by atoms with Gasteiger partial charge in [0.2, 0.25) is 0 Å². The van der Waals surface area contributed by atoms with Gasteiger partial charge in [0.05, 0.1) is 7.11 Å². The molecule has 0 saturated carbocycles. The molecule has 102 valence electrons. The molecule has 1 aliphatic heterocycles. The first kappa shape index (κ1) is 14.3. The molecule has 0 aromatic rings. The highest BCUT2D eigenvalue weighted by Crippen LogP contribution is 2.22. The van der Waals surface area contributed by atoms with E-state index in [2.05, 4.69) is 10.1 Å². The highest BCUT2D eigenvalue weighted by atomic mass is 16.5. The van der Waals surface area contributed by atoms with Crippen LogP contribution in [0.5, 0.6) is 0 Å². The summed E-state index contributed by atoms with van der Waals surface area (Å²) >= 11 is 0. The van der Waals surface area contributed by atoms with E-state index in [1.54, 1.807) is 0 Å². The third-order valence-corrected chi connectivity index (χ3v) is 3.02. The van der Waals surface area contributed by atoms with Gasteiger partial charge in [-0.25, -0.2) is 9.59 Å². The normalized spacial score (nSPS) is 23.3. The number of carbonyl (C=O) groups excluding carboxylic acids is 2. The number of aliphatic carboxylic acids is 1. The van der Waals surface area contributed by atoms with Crippen molar-refractivity contribution in [3.63, 3.8) is 0 Å². The summed E-state index contributed by atoms with van der Waals surface area (Å²) in [5.41, 5.74) is 0. The van der Waals surface area contributed by atoms with E-state index < -0.39 is 24.0 Å². The Morgan fingerprint density at radius 2 is 2.11 bits per heavy atom. The maximum atomic E-state index is 11.8. The molecule has 0 aliphatic carbocycles. The smallest absolute Gasteiger partial charge is 0.326 e. The number of ether oxygens (including phenoxy) is 1. The Morgan fingerprint density at radius 1 is 1.44 bits per heavy atom. The second kappa shape index (κ2) is 6.23. The van der Waals surface area contributed by atoms with Crippen LogP contribution in [0.15, 0.2) is 0 Å². The van der Waals surface area contributed by atoms with Gasteiger partial charge < -0.3 is 20.1 Å². The second-order valence-electron chi connectivity index (χ2n) is 4.41. The molecule has 0 spiro atoms. The molecule has 0 bridgehead atoms. The molecule has 2 unspecified atom stereocenters. The minimum atomic E-state index is -1.02.